The third kappa shape index (κ3) is 5.96. The second-order valence-electron chi connectivity index (χ2n) is 10.5. The van der Waals surface area contributed by atoms with Gasteiger partial charge in [0.15, 0.2) is 5.75 Å². The summed E-state index contributed by atoms with van der Waals surface area (Å²) in [6.07, 6.45) is -5.62. The molecule has 0 spiro atoms. The average Bonchev–Trinajstić information content (AvgIpc) is 3.78. The first-order valence-electron chi connectivity index (χ1n) is 13.2. The number of rotatable bonds is 6. The van der Waals surface area contributed by atoms with Gasteiger partial charge in [-0.05, 0) is 78.6 Å². The number of thiophene rings is 2. The maximum atomic E-state index is 13.9. The molecule has 0 fully saturated rings. The Hall–Kier alpha value is -3.71. The number of aromatic nitrogens is 2. The molecule has 0 amide bonds. The first kappa shape index (κ1) is 31.9. The Kier molecular flexibility index (Phi) is 6.88. The van der Waals surface area contributed by atoms with Crippen molar-refractivity contribution in [3.05, 3.63) is 71.8 Å². The molecular weight excluding hydrogens is 733 g/mol. The molecule has 244 valence electrons. The fourth-order valence-electron chi connectivity index (χ4n) is 5.05. The molecule has 0 saturated heterocycles. The van der Waals surface area contributed by atoms with Gasteiger partial charge < -0.3 is 4.74 Å². The number of ether oxygens (including phenoxy) is 1. The van der Waals surface area contributed by atoms with E-state index in [-0.39, 0.29) is 22.6 Å². The topological polar surface area (TPSA) is 59.7 Å². The molecule has 1 aliphatic rings. The zero-order valence-electron chi connectivity index (χ0n) is 23.5. The number of aryl methyl sites for hydroxylation is 2. The van der Waals surface area contributed by atoms with Gasteiger partial charge in [-0.2, -0.15) is 17.5 Å². The fraction of sp³-hybridized carbons (Fsp3) is 0.103. The van der Waals surface area contributed by atoms with Crippen LogP contribution >= 0.6 is 44.6 Å². The number of alkyl halides is 3. The van der Waals surface area contributed by atoms with Gasteiger partial charge in [-0.3, -0.25) is 0 Å². The molecule has 7 rings (SSSR count). The van der Waals surface area contributed by atoms with Gasteiger partial charge in [0.05, 0.1) is 23.1 Å². The van der Waals surface area contributed by atoms with Crippen molar-refractivity contribution in [2.45, 2.75) is 25.1 Å². The summed E-state index contributed by atoms with van der Waals surface area (Å²) in [6, 6.07) is 14.2. The van der Waals surface area contributed by atoms with Crippen molar-refractivity contribution in [1.82, 2.24) is 8.75 Å². The van der Waals surface area contributed by atoms with Gasteiger partial charge in [-0.1, -0.05) is 37.6 Å². The first-order chi connectivity index (χ1) is 21.9. The number of fused-ring (bicyclic) bond motifs is 2. The Bertz CT molecular complexity index is 2340. The van der Waals surface area contributed by atoms with Crippen LogP contribution in [0.5, 0.6) is 5.75 Å². The Morgan fingerprint density at radius 3 is 1.66 bits per heavy atom. The molecule has 0 unspecified atom stereocenters. The van der Waals surface area contributed by atoms with Crippen LogP contribution in [0.2, 0.25) is 0 Å². The SMILES string of the molecule is Cc1ccc(-c2ccc(-c3c4c(c(-c5ccc(-c6ccc(OC(F)(F)F)c(S(F)(F)(F)(F)F)c6)s5)c5nsnc35)N=S=N4)s2)cc1C. The molecule has 47 heavy (non-hydrogen) atoms. The van der Waals surface area contributed by atoms with Gasteiger partial charge in [-0.15, -0.1) is 35.8 Å². The molecule has 0 bridgehead atoms. The van der Waals surface area contributed by atoms with E-state index in [1.165, 1.54) is 11.6 Å². The summed E-state index contributed by atoms with van der Waals surface area (Å²) >= 11 is 4.38. The zero-order valence-corrected chi connectivity index (χ0v) is 27.6. The summed E-state index contributed by atoms with van der Waals surface area (Å²) in [5.74, 6) is -2.03. The highest BCUT2D eigenvalue weighted by Gasteiger charge is 2.67. The minimum atomic E-state index is -10.6. The molecule has 6 aromatic rings. The Morgan fingerprint density at radius 2 is 1.15 bits per heavy atom. The molecular formula is C29H16F8N4OS5. The zero-order chi connectivity index (χ0) is 33.6. The Morgan fingerprint density at radius 1 is 0.638 bits per heavy atom. The minimum absolute atomic E-state index is 0.0226. The third-order valence-electron chi connectivity index (χ3n) is 7.29. The number of nitrogens with zero attached hydrogens (tertiary/aromatic N) is 4. The highest BCUT2D eigenvalue weighted by Crippen LogP contribution is 3.03. The van der Waals surface area contributed by atoms with Gasteiger partial charge in [0.1, 0.15) is 27.3 Å². The van der Waals surface area contributed by atoms with Gasteiger partial charge in [0.2, 0.25) is 0 Å². The number of halogens is 8. The van der Waals surface area contributed by atoms with Crippen LogP contribution in [-0.4, -0.2) is 15.1 Å². The molecule has 1 aliphatic heterocycles. The van der Waals surface area contributed by atoms with Crippen molar-refractivity contribution in [2.75, 3.05) is 0 Å². The summed E-state index contributed by atoms with van der Waals surface area (Å²) in [5.41, 5.74) is 6.21. The monoisotopic (exact) mass is 748 g/mol. The predicted octanol–water partition coefficient (Wildman–Crippen LogP) is 13.4. The van der Waals surface area contributed by atoms with Crippen molar-refractivity contribution >= 4 is 78.4 Å². The summed E-state index contributed by atoms with van der Waals surface area (Å²) < 4.78 is 129. The highest BCUT2D eigenvalue weighted by atomic mass is 32.5. The van der Waals surface area contributed by atoms with E-state index < -0.39 is 27.2 Å². The molecule has 0 radical (unpaired) electrons. The van der Waals surface area contributed by atoms with Crippen LogP contribution in [0.1, 0.15) is 11.1 Å². The quantitative estimate of drug-likeness (QED) is 0.159. The molecule has 0 N–H and O–H groups in total. The molecule has 4 heterocycles. The lowest BCUT2D eigenvalue weighted by Gasteiger charge is -2.41. The van der Waals surface area contributed by atoms with E-state index in [2.05, 4.69) is 34.3 Å². The van der Waals surface area contributed by atoms with E-state index in [4.69, 9.17) is 0 Å². The van der Waals surface area contributed by atoms with E-state index in [1.807, 2.05) is 32.0 Å². The standard InChI is InChI=1S/C29H16F8N4OS5/c1-13-3-4-15(11-14(13)2)18-7-9-20(43-18)23-25-27(40-45-38-25)24(28-26(23)39-46-41-28)21-10-8-19(44-21)16-5-6-17(42-29(30,31)32)22(12-16)47(33,34,35,36)37/h3-12H,1-2H3. The van der Waals surface area contributed by atoms with E-state index in [9.17, 15) is 32.6 Å². The predicted molar refractivity (Wildman–Crippen MR) is 174 cm³/mol. The molecule has 18 heteroatoms. The highest BCUT2D eigenvalue weighted by molar-refractivity contribution is 8.45. The second-order valence-corrected chi connectivity index (χ2v) is 16.1. The minimum Gasteiger partial charge on any atom is -0.404 e. The lowest BCUT2D eigenvalue weighted by Crippen LogP contribution is -2.19. The third-order valence-corrected chi connectivity index (χ3v) is 11.8. The van der Waals surface area contributed by atoms with Crippen molar-refractivity contribution in [2.24, 2.45) is 8.73 Å². The molecule has 3 aromatic heterocycles. The van der Waals surface area contributed by atoms with Gasteiger partial charge in [0, 0.05) is 30.6 Å². The molecule has 0 atom stereocenters. The van der Waals surface area contributed by atoms with Crippen molar-refractivity contribution in [3.8, 4) is 47.5 Å². The fourth-order valence-corrected chi connectivity index (χ4v) is 9.10. The van der Waals surface area contributed by atoms with E-state index in [0.29, 0.717) is 32.8 Å². The van der Waals surface area contributed by atoms with Crippen LogP contribution in [0.15, 0.2) is 74.3 Å². The molecule has 0 aliphatic carbocycles. The van der Waals surface area contributed by atoms with Crippen molar-refractivity contribution in [1.29, 1.82) is 0 Å². The lowest BCUT2D eigenvalue weighted by atomic mass is 10.0. The summed E-state index contributed by atoms with van der Waals surface area (Å²) in [7, 11) is -10.6. The van der Waals surface area contributed by atoms with Crippen LogP contribution in [0, 0.1) is 13.8 Å². The number of hydrogen-bond donors (Lipinski definition) is 0. The summed E-state index contributed by atoms with van der Waals surface area (Å²) in [4.78, 5) is -0.326. The second kappa shape index (κ2) is 10.1. The van der Waals surface area contributed by atoms with E-state index >= 15 is 0 Å². The maximum Gasteiger partial charge on any atom is 0.573 e. The number of hydrogen-bond acceptors (Lipinski definition) is 8. The van der Waals surface area contributed by atoms with Crippen LogP contribution in [0.4, 0.5) is 44.0 Å². The molecule has 5 nitrogen and oxygen atoms in total. The lowest BCUT2D eigenvalue weighted by molar-refractivity contribution is -0.275. The van der Waals surface area contributed by atoms with Gasteiger partial charge in [0.25, 0.3) is 0 Å². The summed E-state index contributed by atoms with van der Waals surface area (Å²) in [6.45, 7) is 4.08. The molecule has 3 aromatic carbocycles. The Balaban J connectivity index is 1.33. The molecule has 0 saturated carbocycles. The smallest absolute Gasteiger partial charge is 0.404 e. The van der Waals surface area contributed by atoms with Crippen LogP contribution in [-0.2, 0) is 11.4 Å². The Labute approximate surface area is 276 Å². The first-order valence-corrected chi connectivity index (χ1v) is 18.2. The summed E-state index contributed by atoms with van der Waals surface area (Å²) in [5, 5.41) is 0. The maximum absolute atomic E-state index is 13.9. The van der Waals surface area contributed by atoms with Crippen LogP contribution < -0.4 is 4.74 Å². The van der Waals surface area contributed by atoms with Crippen molar-refractivity contribution < 1.29 is 37.3 Å². The van der Waals surface area contributed by atoms with Crippen molar-refractivity contribution in [3.63, 3.8) is 0 Å². The van der Waals surface area contributed by atoms with Gasteiger partial charge >= 0.3 is 16.6 Å². The number of benzene rings is 3. The van der Waals surface area contributed by atoms with E-state index in [1.54, 1.807) is 17.4 Å². The normalized spacial score (nSPS) is 14.6. The average molecular weight is 749 g/mol. The largest absolute Gasteiger partial charge is 0.573 e. The van der Waals surface area contributed by atoms with E-state index in [0.717, 1.165) is 66.9 Å². The van der Waals surface area contributed by atoms with Gasteiger partial charge in [-0.25, -0.2) is 0 Å². The van der Waals surface area contributed by atoms with Crippen LogP contribution in [0.25, 0.3) is 52.8 Å². The van der Waals surface area contributed by atoms with Crippen LogP contribution in [0.3, 0.4) is 0 Å².